The summed E-state index contributed by atoms with van der Waals surface area (Å²) in [6, 6.07) is 11.1. The second-order valence-corrected chi connectivity index (χ2v) is 6.15. The van der Waals surface area contributed by atoms with E-state index in [9.17, 15) is 4.39 Å². The van der Waals surface area contributed by atoms with Crippen LogP contribution in [0.3, 0.4) is 0 Å². The predicted molar refractivity (Wildman–Crippen MR) is 84.7 cm³/mol. The second kappa shape index (κ2) is 6.16. The molecule has 0 radical (unpaired) electrons. The van der Waals surface area contributed by atoms with Crippen LogP contribution in [-0.2, 0) is 13.0 Å². The molecule has 0 spiro atoms. The van der Waals surface area contributed by atoms with Gasteiger partial charge in [0.15, 0.2) is 0 Å². The summed E-state index contributed by atoms with van der Waals surface area (Å²) in [7, 11) is 0. The van der Waals surface area contributed by atoms with Crippen LogP contribution in [0, 0.1) is 5.82 Å². The Kier molecular flexibility index (Phi) is 4.27. The van der Waals surface area contributed by atoms with Crippen LogP contribution in [0.25, 0.3) is 0 Å². The van der Waals surface area contributed by atoms with E-state index < -0.39 is 0 Å². The Morgan fingerprint density at radius 3 is 3.00 bits per heavy atom. The van der Waals surface area contributed by atoms with Crippen molar-refractivity contribution in [3.05, 3.63) is 63.4 Å². The highest BCUT2D eigenvalue weighted by molar-refractivity contribution is 9.10. The van der Waals surface area contributed by atoms with Gasteiger partial charge >= 0.3 is 0 Å². The molecular weight excluding hydrogens is 333 g/mol. The van der Waals surface area contributed by atoms with Gasteiger partial charge in [-0.3, -0.25) is 0 Å². The predicted octanol–water partition coefficient (Wildman–Crippen LogP) is 4.50. The number of nitrogens with two attached hydrogens (primary N) is 1. The molecule has 2 nitrogen and oxygen atoms in total. The van der Waals surface area contributed by atoms with Gasteiger partial charge in [0.25, 0.3) is 0 Å². The fourth-order valence-electron chi connectivity index (χ4n) is 2.72. The molecule has 0 aromatic heterocycles. The van der Waals surface area contributed by atoms with E-state index in [1.165, 1.54) is 17.2 Å². The number of ether oxygens (including phenoxy) is 1. The minimum absolute atomic E-state index is 0.0956. The van der Waals surface area contributed by atoms with Crippen molar-refractivity contribution in [2.24, 2.45) is 5.73 Å². The summed E-state index contributed by atoms with van der Waals surface area (Å²) in [5, 5.41) is 0. The van der Waals surface area contributed by atoms with Crippen LogP contribution in [0.5, 0.6) is 5.75 Å². The zero-order valence-corrected chi connectivity index (χ0v) is 13.2. The summed E-state index contributed by atoms with van der Waals surface area (Å²) in [6.45, 7) is 0.326. The number of aryl methyl sites for hydroxylation is 1. The fourth-order valence-corrected chi connectivity index (χ4v) is 3.10. The van der Waals surface area contributed by atoms with Crippen LogP contribution in [0.4, 0.5) is 4.39 Å². The lowest BCUT2D eigenvalue weighted by Gasteiger charge is -2.22. The van der Waals surface area contributed by atoms with Crippen molar-refractivity contribution in [3.8, 4) is 5.75 Å². The average molecular weight is 350 g/mol. The highest BCUT2D eigenvalue weighted by Gasteiger charge is 2.17. The molecule has 0 saturated heterocycles. The van der Waals surface area contributed by atoms with E-state index in [4.69, 9.17) is 10.5 Å². The van der Waals surface area contributed by atoms with E-state index in [-0.39, 0.29) is 11.9 Å². The minimum atomic E-state index is -0.274. The number of fused-ring (bicyclic) bond motifs is 1. The lowest BCUT2D eigenvalue weighted by atomic mass is 9.88. The smallest absolute Gasteiger partial charge is 0.137 e. The molecule has 1 atom stereocenters. The monoisotopic (exact) mass is 349 g/mol. The van der Waals surface area contributed by atoms with Crippen LogP contribution >= 0.6 is 15.9 Å². The van der Waals surface area contributed by atoms with Crippen molar-refractivity contribution in [1.82, 2.24) is 0 Å². The maximum atomic E-state index is 13.5. The van der Waals surface area contributed by atoms with Crippen molar-refractivity contribution >= 4 is 15.9 Å². The Balaban J connectivity index is 1.77. The van der Waals surface area contributed by atoms with Crippen molar-refractivity contribution in [1.29, 1.82) is 0 Å². The number of benzene rings is 2. The third kappa shape index (κ3) is 3.11. The van der Waals surface area contributed by atoms with Crippen LogP contribution in [0.1, 0.15) is 35.6 Å². The zero-order chi connectivity index (χ0) is 14.8. The first-order chi connectivity index (χ1) is 10.1. The molecular formula is C17H17BrFNO. The maximum Gasteiger partial charge on any atom is 0.137 e. The molecule has 2 N–H and O–H groups in total. The molecule has 0 saturated carbocycles. The minimum Gasteiger partial charge on any atom is -0.489 e. The summed E-state index contributed by atoms with van der Waals surface area (Å²) < 4.78 is 19.7. The Labute approximate surface area is 132 Å². The molecule has 2 aromatic carbocycles. The molecule has 0 amide bonds. The highest BCUT2D eigenvalue weighted by atomic mass is 79.9. The van der Waals surface area contributed by atoms with Gasteiger partial charge in [-0.25, -0.2) is 4.39 Å². The molecule has 0 fully saturated rings. The highest BCUT2D eigenvalue weighted by Crippen LogP contribution is 2.31. The number of hydrogen-bond acceptors (Lipinski definition) is 2. The Morgan fingerprint density at radius 1 is 1.29 bits per heavy atom. The Morgan fingerprint density at radius 2 is 2.14 bits per heavy atom. The molecule has 110 valence electrons. The molecule has 0 aliphatic heterocycles. The lowest BCUT2D eigenvalue weighted by Crippen LogP contribution is -2.17. The quantitative estimate of drug-likeness (QED) is 0.884. The van der Waals surface area contributed by atoms with E-state index in [0.717, 1.165) is 30.6 Å². The molecule has 0 unspecified atom stereocenters. The first kappa shape index (κ1) is 14.5. The topological polar surface area (TPSA) is 35.2 Å². The van der Waals surface area contributed by atoms with Gasteiger partial charge in [0.2, 0.25) is 0 Å². The largest absolute Gasteiger partial charge is 0.489 e. The summed E-state index contributed by atoms with van der Waals surface area (Å²) in [5.74, 6) is 0.505. The molecule has 0 heterocycles. The fraction of sp³-hybridized carbons (Fsp3) is 0.294. The van der Waals surface area contributed by atoms with Crippen LogP contribution in [0.15, 0.2) is 40.9 Å². The summed E-state index contributed by atoms with van der Waals surface area (Å²) in [5.41, 5.74) is 9.43. The maximum absolute atomic E-state index is 13.5. The van der Waals surface area contributed by atoms with Crippen molar-refractivity contribution < 1.29 is 9.13 Å². The van der Waals surface area contributed by atoms with Crippen LogP contribution in [0.2, 0.25) is 0 Å². The van der Waals surface area contributed by atoms with Gasteiger partial charge in [0, 0.05) is 11.6 Å². The molecule has 21 heavy (non-hydrogen) atoms. The van der Waals surface area contributed by atoms with Gasteiger partial charge < -0.3 is 10.5 Å². The SMILES string of the molecule is N[C@H]1CCCc2ccc(OCc3cccc(F)c3Br)cc21. The van der Waals surface area contributed by atoms with Gasteiger partial charge in [0.05, 0.1) is 4.47 Å². The number of halogens is 2. The first-order valence-electron chi connectivity index (χ1n) is 7.09. The number of rotatable bonds is 3. The lowest BCUT2D eigenvalue weighted by molar-refractivity contribution is 0.303. The van der Waals surface area contributed by atoms with Gasteiger partial charge in [-0.05, 0) is 64.5 Å². The molecule has 1 aliphatic rings. The molecule has 3 rings (SSSR count). The van der Waals surface area contributed by atoms with E-state index in [0.29, 0.717) is 11.1 Å². The van der Waals surface area contributed by atoms with Gasteiger partial charge in [-0.1, -0.05) is 18.2 Å². The van der Waals surface area contributed by atoms with E-state index in [2.05, 4.69) is 22.0 Å². The third-order valence-electron chi connectivity index (χ3n) is 3.90. The normalized spacial score (nSPS) is 17.4. The summed E-state index contributed by atoms with van der Waals surface area (Å²) >= 11 is 3.25. The van der Waals surface area contributed by atoms with Crippen LogP contribution < -0.4 is 10.5 Å². The van der Waals surface area contributed by atoms with E-state index >= 15 is 0 Å². The number of hydrogen-bond donors (Lipinski definition) is 1. The van der Waals surface area contributed by atoms with Gasteiger partial charge in [0.1, 0.15) is 18.2 Å². The Bertz CT molecular complexity index is 659. The van der Waals surface area contributed by atoms with E-state index in [1.54, 1.807) is 6.07 Å². The standard InChI is InChI=1S/C17H17BrFNO/c18-17-12(4-1-5-15(17)19)10-21-13-8-7-11-3-2-6-16(20)14(11)9-13/h1,4-5,7-9,16H,2-3,6,10,20H2/t16-/m0/s1. The molecule has 0 bridgehead atoms. The molecule has 2 aromatic rings. The zero-order valence-electron chi connectivity index (χ0n) is 11.6. The molecule has 1 aliphatic carbocycles. The van der Waals surface area contributed by atoms with Gasteiger partial charge in [-0.2, -0.15) is 0 Å². The summed E-state index contributed by atoms with van der Waals surface area (Å²) in [4.78, 5) is 0. The Hall–Kier alpha value is -1.39. The third-order valence-corrected chi connectivity index (χ3v) is 4.79. The van der Waals surface area contributed by atoms with Crippen molar-refractivity contribution in [2.45, 2.75) is 31.9 Å². The van der Waals surface area contributed by atoms with Crippen molar-refractivity contribution in [3.63, 3.8) is 0 Å². The first-order valence-corrected chi connectivity index (χ1v) is 7.88. The van der Waals surface area contributed by atoms with Crippen molar-refractivity contribution in [2.75, 3.05) is 0 Å². The molecule has 4 heteroatoms. The van der Waals surface area contributed by atoms with Crippen LogP contribution in [-0.4, -0.2) is 0 Å². The second-order valence-electron chi connectivity index (χ2n) is 5.36. The van der Waals surface area contributed by atoms with E-state index in [1.807, 2.05) is 18.2 Å². The van der Waals surface area contributed by atoms with Gasteiger partial charge in [-0.15, -0.1) is 0 Å². The summed E-state index contributed by atoms with van der Waals surface area (Å²) in [6.07, 6.45) is 3.25. The average Bonchev–Trinajstić information content (AvgIpc) is 2.49.